The van der Waals surface area contributed by atoms with Crippen LogP contribution >= 0.6 is 11.8 Å². The summed E-state index contributed by atoms with van der Waals surface area (Å²) in [6.07, 6.45) is 3.96. The van der Waals surface area contributed by atoms with Crippen molar-refractivity contribution in [3.63, 3.8) is 0 Å². The fourth-order valence-electron chi connectivity index (χ4n) is 1.07. The third-order valence-electron chi connectivity index (χ3n) is 1.77. The van der Waals surface area contributed by atoms with Gasteiger partial charge in [-0.25, -0.2) is 0 Å². The number of hydrogen-bond acceptors (Lipinski definition) is 2. The van der Waals surface area contributed by atoms with Gasteiger partial charge in [0.25, 0.3) is 0 Å². The lowest BCUT2D eigenvalue weighted by atomic mass is 10.3. The average molecular weight is 203 g/mol. The van der Waals surface area contributed by atoms with E-state index in [1.807, 2.05) is 0 Å². The monoisotopic (exact) mass is 203 g/mol. The van der Waals surface area contributed by atoms with E-state index in [0.717, 1.165) is 5.92 Å². The van der Waals surface area contributed by atoms with Crippen molar-refractivity contribution >= 4 is 11.8 Å². The van der Waals surface area contributed by atoms with Crippen LogP contribution in [0.5, 0.6) is 0 Å². The lowest BCUT2D eigenvalue weighted by Gasteiger charge is -2.04. The van der Waals surface area contributed by atoms with Crippen LogP contribution in [0.2, 0.25) is 0 Å². The first-order valence-corrected chi connectivity index (χ1v) is 6.71. The summed E-state index contributed by atoms with van der Waals surface area (Å²) in [7, 11) is 0. The molecule has 0 aliphatic rings. The summed E-state index contributed by atoms with van der Waals surface area (Å²) in [5.74, 6) is 3.51. The van der Waals surface area contributed by atoms with Crippen LogP contribution in [0.15, 0.2) is 0 Å². The lowest BCUT2D eigenvalue weighted by molar-refractivity contribution is 0.634. The quantitative estimate of drug-likeness (QED) is 0.578. The number of nitrogens with one attached hydrogen (secondary N) is 1. The van der Waals surface area contributed by atoms with Gasteiger partial charge in [0.1, 0.15) is 0 Å². The Balaban J connectivity index is 2.84. The molecule has 0 atom stereocenters. The molecule has 0 bridgehead atoms. The van der Waals surface area contributed by atoms with Crippen LogP contribution < -0.4 is 5.32 Å². The molecule has 0 aromatic rings. The van der Waals surface area contributed by atoms with Crippen molar-refractivity contribution in [2.45, 2.75) is 40.0 Å². The molecule has 80 valence electrons. The second kappa shape index (κ2) is 10.4. The molecule has 2 heteroatoms. The van der Waals surface area contributed by atoms with Gasteiger partial charge >= 0.3 is 0 Å². The van der Waals surface area contributed by atoms with Crippen LogP contribution in [0.4, 0.5) is 0 Å². The summed E-state index contributed by atoms with van der Waals surface area (Å²) in [6, 6.07) is 0. The highest BCUT2D eigenvalue weighted by Gasteiger charge is 1.94. The minimum absolute atomic E-state index is 0.850. The van der Waals surface area contributed by atoms with Crippen molar-refractivity contribution in [2.24, 2.45) is 5.92 Å². The van der Waals surface area contributed by atoms with E-state index in [9.17, 15) is 0 Å². The maximum Gasteiger partial charge on any atom is -0.00444 e. The predicted molar refractivity (Wildman–Crippen MR) is 64.6 cm³/mol. The van der Waals surface area contributed by atoms with Crippen LogP contribution in [0, 0.1) is 5.92 Å². The molecule has 0 aliphatic carbocycles. The van der Waals surface area contributed by atoms with Gasteiger partial charge in [-0.2, -0.15) is 11.8 Å². The molecule has 1 N–H and O–H groups in total. The maximum absolute atomic E-state index is 3.43. The van der Waals surface area contributed by atoms with Gasteiger partial charge in [0.15, 0.2) is 0 Å². The Morgan fingerprint density at radius 1 is 1.15 bits per heavy atom. The molecule has 0 aliphatic heterocycles. The van der Waals surface area contributed by atoms with Gasteiger partial charge < -0.3 is 5.32 Å². The van der Waals surface area contributed by atoms with Crippen LogP contribution in [-0.2, 0) is 0 Å². The van der Waals surface area contributed by atoms with Crippen molar-refractivity contribution in [1.82, 2.24) is 5.32 Å². The summed E-state index contributed by atoms with van der Waals surface area (Å²) >= 11 is 2.10. The SMILES string of the molecule is CCCNCCCCSCC(C)C. The van der Waals surface area contributed by atoms with Gasteiger partial charge in [0.05, 0.1) is 0 Å². The number of thioether (sulfide) groups is 1. The zero-order valence-electron chi connectivity index (χ0n) is 9.44. The third kappa shape index (κ3) is 12.3. The van der Waals surface area contributed by atoms with Crippen LogP contribution in [0.1, 0.15) is 40.0 Å². The molecule has 0 heterocycles. The molecule has 0 aromatic carbocycles. The Morgan fingerprint density at radius 3 is 2.54 bits per heavy atom. The van der Waals surface area contributed by atoms with E-state index in [0.29, 0.717) is 0 Å². The second-order valence-corrected chi connectivity index (χ2v) is 5.08. The number of rotatable bonds is 9. The molecular formula is C11H25NS. The van der Waals surface area contributed by atoms with Crippen molar-refractivity contribution in [1.29, 1.82) is 0 Å². The summed E-state index contributed by atoms with van der Waals surface area (Å²) in [5.41, 5.74) is 0. The van der Waals surface area contributed by atoms with Gasteiger partial charge in [-0.1, -0.05) is 20.8 Å². The molecule has 0 fully saturated rings. The van der Waals surface area contributed by atoms with Crippen LogP contribution in [0.3, 0.4) is 0 Å². The molecule has 1 nitrogen and oxygen atoms in total. The predicted octanol–water partition coefficient (Wildman–Crippen LogP) is 3.16. The number of unbranched alkanes of at least 4 members (excludes halogenated alkanes) is 1. The molecular weight excluding hydrogens is 178 g/mol. The minimum atomic E-state index is 0.850. The van der Waals surface area contributed by atoms with Crippen molar-refractivity contribution in [3.05, 3.63) is 0 Å². The van der Waals surface area contributed by atoms with E-state index in [1.165, 1.54) is 43.9 Å². The van der Waals surface area contributed by atoms with Crippen LogP contribution in [0.25, 0.3) is 0 Å². The number of hydrogen-bond donors (Lipinski definition) is 1. The molecule has 0 spiro atoms. The highest BCUT2D eigenvalue weighted by molar-refractivity contribution is 7.99. The first-order valence-electron chi connectivity index (χ1n) is 5.55. The van der Waals surface area contributed by atoms with Gasteiger partial charge in [-0.3, -0.25) is 0 Å². The molecule has 0 saturated carbocycles. The Morgan fingerprint density at radius 2 is 1.92 bits per heavy atom. The molecule has 0 unspecified atom stereocenters. The summed E-state index contributed by atoms with van der Waals surface area (Å²) in [4.78, 5) is 0. The van der Waals surface area contributed by atoms with Gasteiger partial charge in [0, 0.05) is 0 Å². The van der Waals surface area contributed by atoms with E-state index in [2.05, 4.69) is 37.8 Å². The van der Waals surface area contributed by atoms with E-state index in [4.69, 9.17) is 0 Å². The largest absolute Gasteiger partial charge is 0.317 e. The Labute approximate surface area is 88.1 Å². The highest BCUT2D eigenvalue weighted by atomic mass is 32.2. The Bertz CT molecular complexity index is 94.1. The fraction of sp³-hybridized carbons (Fsp3) is 1.00. The smallest absolute Gasteiger partial charge is 0.00444 e. The van der Waals surface area contributed by atoms with Crippen molar-refractivity contribution < 1.29 is 0 Å². The summed E-state index contributed by atoms with van der Waals surface area (Å²) in [5, 5.41) is 3.43. The second-order valence-electron chi connectivity index (χ2n) is 3.93. The fourth-order valence-corrected chi connectivity index (χ4v) is 2.12. The molecule has 0 amide bonds. The normalized spacial score (nSPS) is 11.1. The third-order valence-corrected chi connectivity index (χ3v) is 3.25. The summed E-state index contributed by atoms with van der Waals surface area (Å²) < 4.78 is 0. The molecule has 0 aromatic heterocycles. The van der Waals surface area contributed by atoms with Gasteiger partial charge in [0.2, 0.25) is 0 Å². The molecule has 13 heavy (non-hydrogen) atoms. The molecule has 0 radical (unpaired) electrons. The van der Waals surface area contributed by atoms with E-state index in [-0.39, 0.29) is 0 Å². The van der Waals surface area contributed by atoms with Crippen molar-refractivity contribution in [2.75, 3.05) is 24.6 Å². The zero-order valence-corrected chi connectivity index (χ0v) is 10.3. The maximum atomic E-state index is 3.43. The Kier molecular flexibility index (Phi) is 10.6. The minimum Gasteiger partial charge on any atom is -0.317 e. The highest BCUT2D eigenvalue weighted by Crippen LogP contribution is 2.09. The average Bonchev–Trinajstić information content (AvgIpc) is 2.09. The summed E-state index contributed by atoms with van der Waals surface area (Å²) in [6.45, 7) is 9.17. The first-order chi connectivity index (χ1) is 6.27. The van der Waals surface area contributed by atoms with E-state index < -0.39 is 0 Å². The molecule has 0 saturated heterocycles. The van der Waals surface area contributed by atoms with Crippen LogP contribution in [-0.4, -0.2) is 24.6 Å². The molecule has 0 rings (SSSR count). The zero-order chi connectivity index (χ0) is 9.94. The van der Waals surface area contributed by atoms with Gasteiger partial charge in [-0.05, 0) is 49.8 Å². The van der Waals surface area contributed by atoms with Crippen molar-refractivity contribution in [3.8, 4) is 0 Å². The topological polar surface area (TPSA) is 12.0 Å². The Hall–Kier alpha value is 0.310. The van der Waals surface area contributed by atoms with E-state index >= 15 is 0 Å². The standard InChI is InChI=1S/C11H25NS/c1-4-7-12-8-5-6-9-13-10-11(2)3/h11-12H,4-10H2,1-3H3. The van der Waals surface area contributed by atoms with Gasteiger partial charge in [-0.15, -0.1) is 0 Å². The lowest BCUT2D eigenvalue weighted by Crippen LogP contribution is -2.15. The first kappa shape index (κ1) is 13.3. The van der Waals surface area contributed by atoms with E-state index in [1.54, 1.807) is 0 Å².